The first kappa shape index (κ1) is 20.3. The molecular formula is C20H32N2O2S. The summed E-state index contributed by atoms with van der Waals surface area (Å²) < 4.78 is 5.49. The number of rotatable bonds is 10. The highest BCUT2D eigenvalue weighted by Gasteiger charge is 2.23. The summed E-state index contributed by atoms with van der Waals surface area (Å²) >= 11 is 1.88. The molecule has 1 unspecified atom stereocenters. The molecular weight excluding hydrogens is 332 g/mol. The van der Waals surface area contributed by atoms with E-state index < -0.39 is 0 Å². The van der Waals surface area contributed by atoms with E-state index in [9.17, 15) is 4.79 Å². The molecule has 0 aliphatic carbocycles. The largest absolute Gasteiger partial charge is 0.379 e. The Balaban J connectivity index is 1.86. The summed E-state index contributed by atoms with van der Waals surface area (Å²) in [5, 5.41) is 3.15. The van der Waals surface area contributed by atoms with Crippen LogP contribution in [0.15, 0.2) is 24.3 Å². The predicted octanol–water partition coefficient (Wildman–Crippen LogP) is 3.41. The van der Waals surface area contributed by atoms with Crippen molar-refractivity contribution in [3.8, 4) is 0 Å². The second kappa shape index (κ2) is 11.6. The van der Waals surface area contributed by atoms with E-state index in [1.54, 1.807) is 0 Å². The summed E-state index contributed by atoms with van der Waals surface area (Å²) in [6.45, 7) is 8.36. The van der Waals surface area contributed by atoms with Crippen molar-refractivity contribution < 1.29 is 9.53 Å². The summed E-state index contributed by atoms with van der Waals surface area (Å²) in [5.41, 5.74) is 2.54. The second-order valence-corrected chi connectivity index (χ2v) is 7.82. The van der Waals surface area contributed by atoms with E-state index in [1.807, 2.05) is 11.8 Å². The van der Waals surface area contributed by atoms with Crippen LogP contribution in [0, 0.1) is 6.92 Å². The van der Waals surface area contributed by atoms with E-state index >= 15 is 0 Å². The summed E-state index contributed by atoms with van der Waals surface area (Å²) in [5.74, 6) is 2.23. The molecule has 5 heteroatoms. The molecule has 4 nitrogen and oxygen atoms in total. The fraction of sp³-hybridized carbons (Fsp3) is 0.650. The van der Waals surface area contributed by atoms with Crippen LogP contribution in [0.5, 0.6) is 0 Å². The normalized spacial score (nSPS) is 16.6. The van der Waals surface area contributed by atoms with Gasteiger partial charge in [0.25, 0.3) is 0 Å². The lowest BCUT2D eigenvalue weighted by Gasteiger charge is -2.35. The van der Waals surface area contributed by atoms with Crippen molar-refractivity contribution in [2.75, 3.05) is 44.4 Å². The Bertz CT molecular complexity index is 518. The number of unbranched alkanes of at least 4 members (excludes halogenated alkanes) is 1. The van der Waals surface area contributed by atoms with Crippen molar-refractivity contribution in [3.63, 3.8) is 0 Å². The highest BCUT2D eigenvalue weighted by Crippen LogP contribution is 2.22. The molecule has 1 amide bonds. The topological polar surface area (TPSA) is 41.6 Å². The number of ether oxygens (including phenoxy) is 1. The summed E-state index contributed by atoms with van der Waals surface area (Å²) in [7, 11) is 0. The lowest BCUT2D eigenvalue weighted by molar-refractivity contribution is -0.121. The van der Waals surface area contributed by atoms with Gasteiger partial charge in [0.05, 0.1) is 19.3 Å². The zero-order valence-corrected chi connectivity index (χ0v) is 16.4. The number of carbonyl (C=O) groups is 1. The number of nitrogens with one attached hydrogen (secondary N) is 1. The standard InChI is InChI=1S/C20H32N2O2S/c1-3-4-13-25-14-8-20(23)21-16-19(22-9-11-24-12-10-22)18-7-5-6-17(2)15-18/h5-7,15,19H,3-4,8-14,16H2,1-2H3,(H,21,23). The van der Waals surface area contributed by atoms with Gasteiger partial charge in [0, 0.05) is 31.8 Å². The molecule has 0 saturated carbocycles. The van der Waals surface area contributed by atoms with E-state index in [-0.39, 0.29) is 11.9 Å². The first-order chi connectivity index (χ1) is 12.2. The van der Waals surface area contributed by atoms with Crippen LogP contribution in [0.25, 0.3) is 0 Å². The van der Waals surface area contributed by atoms with Gasteiger partial charge >= 0.3 is 0 Å². The highest BCUT2D eigenvalue weighted by atomic mass is 32.2. The van der Waals surface area contributed by atoms with E-state index in [0.29, 0.717) is 13.0 Å². The van der Waals surface area contributed by atoms with Gasteiger partial charge in [-0.15, -0.1) is 0 Å². The number of amides is 1. The van der Waals surface area contributed by atoms with Crippen LogP contribution in [0.1, 0.15) is 43.4 Å². The molecule has 140 valence electrons. The molecule has 1 N–H and O–H groups in total. The van der Waals surface area contributed by atoms with Gasteiger partial charge < -0.3 is 10.1 Å². The van der Waals surface area contributed by atoms with Gasteiger partial charge in [0.2, 0.25) is 5.91 Å². The number of carbonyl (C=O) groups excluding carboxylic acids is 1. The minimum absolute atomic E-state index is 0.162. The maximum absolute atomic E-state index is 12.2. The molecule has 1 aliphatic heterocycles. The molecule has 1 saturated heterocycles. The fourth-order valence-corrected chi connectivity index (χ4v) is 4.06. The number of hydrogen-bond acceptors (Lipinski definition) is 4. The molecule has 25 heavy (non-hydrogen) atoms. The molecule has 1 fully saturated rings. The van der Waals surface area contributed by atoms with Gasteiger partial charge in [-0.05, 0) is 24.7 Å². The molecule has 0 aromatic heterocycles. The number of morpholine rings is 1. The average Bonchev–Trinajstić information content (AvgIpc) is 2.63. The molecule has 0 spiro atoms. The Morgan fingerprint density at radius 2 is 2.12 bits per heavy atom. The Morgan fingerprint density at radius 1 is 1.32 bits per heavy atom. The van der Waals surface area contributed by atoms with Gasteiger partial charge in [-0.1, -0.05) is 43.2 Å². The smallest absolute Gasteiger partial charge is 0.220 e. The molecule has 1 aromatic carbocycles. The fourth-order valence-electron chi connectivity index (χ4n) is 3.04. The minimum atomic E-state index is 0.162. The SMILES string of the molecule is CCCCSCCC(=O)NCC(c1cccc(C)c1)N1CCOCC1. The third-order valence-electron chi connectivity index (χ3n) is 4.52. The molecule has 1 atom stereocenters. The van der Waals surface area contributed by atoms with Crippen molar-refractivity contribution in [1.82, 2.24) is 10.2 Å². The van der Waals surface area contributed by atoms with E-state index in [1.165, 1.54) is 24.0 Å². The van der Waals surface area contributed by atoms with Gasteiger partial charge in [0.15, 0.2) is 0 Å². The molecule has 2 rings (SSSR count). The molecule has 0 bridgehead atoms. The number of aryl methyl sites for hydroxylation is 1. The molecule has 0 radical (unpaired) electrons. The predicted molar refractivity (Wildman–Crippen MR) is 106 cm³/mol. The number of nitrogens with zero attached hydrogens (tertiary/aromatic N) is 1. The van der Waals surface area contributed by atoms with Crippen LogP contribution < -0.4 is 5.32 Å². The van der Waals surface area contributed by atoms with Crippen LogP contribution in [-0.2, 0) is 9.53 Å². The zero-order chi connectivity index (χ0) is 17.9. The number of hydrogen-bond donors (Lipinski definition) is 1. The summed E-state index contributed by atoms with van der Waals surface area (Å²) in [6, 6.07) is 8.84. The zero-order valence-electron chi connectivity index (χ0n) is 15.6. The lowest BCUT2D eigenvalue weighted by Crippen LogP contribution is -2.43. The Kier molecular flexibility index (Phi) is 9.37. The first-order valence-electron chi connectivity index (χ1n) is 9.43. The van der Waals surface area contributed by atoms with Gasteiger partial charge in [-0.25, -0.2) is 0 Å². The van der Waals surface area contributed by atoms with Crippen molar-refractivity contribution >= 4 is 17.7 Å². The lowest BCUT2D eigenvalue weighted by atomic mass is 10.0. The van der Waals surface area contributed by atoms with Crippen LogP contribution in [-0.4, -0.2) is 55.2 Å². The number of benzene rings is 1. The third kappa shape index (κ3) is 7.38. The first-order valence-corrected chi connectivity index (χ1v) is 10.6. The van der Waals surface area contributed by atoms with Gasteiger partial charge in [-0.3, -0.25) is 9.69 Å². The summed E-state index contributed by atoms with van der Waals surface area (Å²) in [6.07, 6.45) is 3.06. The van der Waals surface area contributed by atoms with Crippen molar-refractivity contribution in [3.05, 3.63) is 35.4 Å². The van der Waals surface area contributed by atoms with Crippen LogP contribution in [0.3, 0.4) is 0 Å². The minimum Gasteiger partial charge on any atom is -0.379 e. The Hall–Kier alpha value is -1.04. The van der Waals surface area contributed by atoms with Gasteiger partial charge in [-0.2, -0.15) is 11.8 Å². The highest BCUT2D eigenvalue weighted by molar-refractivity contribution is 7.99. The van der Waals surface area contributed by atoms with Crippen LogP contribution >= 0.6 is 11.8 Å². The van der Waals surface area contributed by atoms with E-state index in [2.05, 4.69) is 48.3 Å². The Morgan fingerprint density at radius 3 is 2.84 bits per heavy atom. The second-order valence-electron chi connectivity index (χ2n) is 6.60. The molecule has 1 aromatic rings. The van der Waals surface area contributed by atoms with E-state index in [0.717, 1.165) is 37.8 Å². The van der Waals surface area contributed by atoms with E-state index in [4.69, 9.17) is 4.74 Å². The van der Waals surface area contributed by atoms with Crippen LogP contribution in [0.4, 0.5) is 0 Å². The van der Waals surface area contributed by atoms with Gasteiger partial charge in [0.1, 0.15) is 0 Å². The Labute approximate surface area is 156 Å². The van der Waals surface area contributed by atoms with Crippen molar-refractivity contribution in [2.24, 2.45) is 0 Å². The average molecular weight is 365 g/mol. The maximum Gasteiger partial charge on any atom is 0.220 e. The number of thioether (sulfide) groups is 1. The summed E-state index contributed by atoms with van der Waals surface area (Å²) in [4.78, 5) is 14.6. The molecule has 1 heterocycles. The van der Waals surface area contributed by atoms with Crippen molar-refractivity contribution in [2.45, 2.75) is 39.2 Å². The van der Waals surface area contributed by atoms with Crippen LogP contribution in [0.2, 0.25) is 0 Å². The third-order valence-corrected chi connectivity index (χ3v) is 5.59. The molecule has 1 aliphatic rings. The quantitative estimate of drug-likeness (QED) is 0.646. The van der Waals surface area contributed by atoms with Crippen molar-refractivity contribution in [1.29, 1.82) is 0 Å². The maximum atomic E-state index is 12.2. The monoisotopic (exact) mass is 364 g/mol.